The molecule has 0 saturated heterocycles. The molecule has 0 aliphatic rings. The number of fused-ring (bicyclic) bond motifs is 1. The number of carbonyl (C=O) groups is 1. The van der Waals surface area contributed by atoms with Crippen molar-refractivity contribution >= 4 is 16.9 Å². The van der Waals surface area contributed by atoms with Crippen LogP contribution in [0.25, 0.3) is 21.9 Å². The molecule has 4 rings (SSSR count). The first-order valence-corrected chi connectivity index (χ1v) is 11.7. The van der Waals surface area contributed by atoms with Gasteiger partial charge in [0.1, 0.15) is 0 Å². The number of rotatable bonds is 5. The monoisotopic (exact) mass is 548 g/mol. The number of alkyl halides is 6. The van der Waals surface area contributed by atoms with Crippen molar-refractivity contribution in [2.75, 3.05) is 6.54 Å². The summed E-state index contributed by atoms with van der Waals surface area (Å²) in [6, 6.07) is 16.7. The molecule has 3 aromatic carbocycles. The Hall–Kier alpha value is -4.28. The van der Waals surface area contributed by atoms with Gasteiger partial charge in [0.05, 0.1) is 16.7 Å². The van der Waals surface area contributed by atoms with Crippen LogP contribution in [0, 0.1) is 0 Å². The summed E-state index contributed by atoms with van der Waals surface area (Å²) in [4.78, 5) is 27.2. The van der Waals surface area contributed by atoms with Gasteiger partial charge in [-0.3, -0.25) is 9.36 Å². The standard InChI is InChI=1S/C28H22F6N2O3/c1-3-36(16-17-13-19(27(29,30)31)15-20(14-17)28(32,33)34)26(38)39-25-23(18-9-5-4-6-10-18)21-11-7-8-12-22(21)24(37)35(25)2/h4-15H,3,16H2,1-2H3. The van der Waals surface area contributed by atoms with E-state index in [1.54, 1.807) is 54.6 Å². The van der Waals surface area contributed by atoms with E-state index in [0.717, 1.165) is 9.47 Å². The van der Waals surface area contributed by atoms with Gasteiger partial charge in [-0.1, -0.05) is 48.5 Å². The Morgan fingerprint density at radius 2 is 1.38 bits per heavy atom. The molecule has 1 amide bonds. The number of nitrogens with zero attached hydrogens (tertiary/aromatic N) is 2. The van der Waals surface area contributed by atoms with E-state index in [1.165, 1.54) is 14.0 Å². The lowest BCUT2D eigenvalue weighted by Crippen LogP contribution is -2.34. The summed E-state index contributed by atoms with van der Waals surface area (Å²) in [5.74, 6) is -0.117. The fraction of sp³-hybridized carbons (Fsp3) is 0.214. The molecule has 0 N–H and O–H groups in total. The summed E-state index contributed by atoms with van der Waals surface area (Å²) >= 11 is 0. The zero-order valence-electron chi connectivity index (χ0n) is 20.7. The van der Waals surface area contributed by atoms with E-state index in [1.807, 2.05) is 0 Å². The Labute approximate surface area is 218 Å². The Kier molecular flexibility index (Phi) is 7.45. The molecule has 0 saturated carbocycles. The molecule has 0 fully saturated rings. The van der Waals surface area contributed by atoms with Crippen LogP contribution in [0.2, 0.25) is 0 Å². The third-order valence-corrected chi connectivity index (χ3v) is 6.16. The molecule has 11 heteroatoms. The SMILES string of the molecule is CCN(Cc1cc(C(F)(F)F)cc(C(F)(F)F)c1)C(=O)Oc1c(-c2ccccc2)c2ccccc2c(=O)n1C. The van der Waals surface area contributed by atoms with Crippen molar-refractivity contribution in [2.24, 2.45) is 7.05 Å². The smallest absolute Gasteiger partial charge is 0.392 e. The van der Waals surface area contributed by atoms with Gasteiger partial charge in [-0.15, -0.1) is 0 Å². The first kappa shape index (κ1) is 27.7. The van der Waals surface area contributed by atoms with E-state index in [0.29, 0.717) is 34.0 Å². The molecule has 204 valence electrons. The van der Waals surface area contributed by atoms with Gasteiger partial charge in [-0.2, -0.15) is 26.3 Å². The molecule has 0 bridgehead atoms. The Morgan fingerprint density at radius 1 is 0.846 bits per heavy atom. The molecule has 0 unspecified atom stereocenters. The van der Waals surface area contributed by atoms with Gasteiger partial charge in [-0.05, 0) is 42.3 Å². The molecular weight excluding hydrogens is 526 g/mol. The average molecular weight is 548 g/mol. The molecule has 0 aliphatic heterocycles. The molecule has 0 radical (unpaired) electrons. The second kappa shape index (κ2) is 10.5. The predicted molar refractivity (Wildman–Crippen MR) is 133 cm³/mol. The highest BCUT2D eigenvalue weighted by molar-refractivity contribution is 5.99. The highest BCUT2D eigenvalue weighted by atomic mass is 19.4. The maximum absolute atomic E-state index is 13.3. The Bertz CT molecular complexity index is 1540. The molecule has 1 heterocycles. The second-order valence-corrected chi connectivity index (χ2v) is 8.75. The van der Waals surface area contributed by atoms with Crippen molar-refractivity contribution in [1.82, 2.24) is 9.47 Å². The van der Waals surface area contributed by atoms with Gasteiger partial charge < -0.3 is 9.64 Å². The van der Waals surface area contributed by atoms with Crippen molar-refractivity contribution in [3.05, 3.63) is 99.8 Å². The fourth-order valence-electron chi connectivity index (χ4n) is 4.23. The molecule has 0 aliphatic carbocycles. The minimum absolute atomic E-state index is 0.0229. The normalized spacial score (nSPS) is 12.0. The summed E-state index contributed by atoms with van der Waals surface area (Å²) < 4.78 is 86.7. The summed E-state index contributed by atoms with van der Waals surface area (Å²) in [7, 11) is 1.41. The van der Waals surface area contributed by atoms with E-state index in [2.05, 4.69) is 0 Å². The molecule has 39 heavy (non-hydrogen) atoms. The highest BCUT2D eigenvalue weighted by Crippen LogP contribution is 2.37. The maximum Gasteiger partial charge on any atom is 0.416 e. The van der Waals surface area contributed by atoms with Crippen molar-refractivity contribution < 1.29 is 35.9 Å². The average Bonchev–Trinajstić information content (AvgIpc) is 2.89. The van der Waals surface area contributed by atoms with Crippen molar-refractivity contribution in [1.29, 1.82) is 0 Å². The first-order chi connectivity index (χ1) is 18.3. The van der Waals surface area contributed by atoms with Crippen molar-refractivity contribution in [3.8, 4) is 17.0 Å². The van der Waals surface area contributed by atoms with Crippen molar-refractivity contribution in [2.45, 2.75) is 25.8 Å². The topological polar surface area (TPSA) is 51.5 Å². The highest BCUT2D eigenvalue weighted by Gasteiger charge is 2.37. The maximum atomic E-state index is 13.3. The number of carbonyl (C=O) groups excluding carboxylic acids is 1. The number of aromatic nitrogens is 1. The summed E-state index contributed by atoms with van der Waals surface area (Å²) in [6.45, 7) is 0.806. The molecule has 1 aromatic heterocycles. The predicted octanol–water partition coefficient (Wildman–Crippen LogP) is 7.26. The van der Waals surface area contributed by atoms with Crippen LogP contribution in [0.3, 0.4) is 0 Å². The van der Waals surface area contributed by atoms with Gasteiger partial charge in [0.2, 0.25) is 5.88 Å². The number of benzene rings is 3. The van der Waals surface area contributed by atoms with Crippen LogP contribution in [-0.4, -0.2) is 22.1 Å². The number of hydrogen-bond acceptors (Lipinski definition) is 3. The van der Waals surface area contributed by atoms with E-state index in [4.69, 9.17) is 4.74 Å². The fourth-order valence-corrected chi connectivity index (χ4v) is 4.23. The van der Waals surface area contributed by atoms with Crippen LogP contribution >= 0.6 is 0 Å². The Morgan fingerprint density at radius 3 is 1.92 bits per heavy atom. The number of ether oxygens (including phenoxy) is 1. The molecule has 5 nitrogen and oxygen atoms in total. The minimum atomic E-state index is -5.03. The van der Waals surface area contributed by atoms with Crippen LogP contribution in [0.15, 0.2) is 77.6 Å². The third-order valence-electron chi connectivity index (χ3n) is 6.16. The van der Waals surface area contributed by atoms with E-state index in [-0.39, 0.29) is 24.1 Å². The van der Waals surface area contributed by atoms with Crippen LogP contribution in [0.5, 0.6) is 5.88 Å². The second-order valence-electron chi connectivity index (χ2n) is 8.75. The van der Waals surface area contributed by atoms with E-state index >= 15 is 0 Å². The minimum Gasteiger partial charge on any atom is -0.392 e. The molecule has 4 aromatic rings. The zero-order valence-corrected chi connectivity index (χ0v) is 20.7. The van der Waals surface area contributed by atoms with Crippen LogP contribution in [0.4, 0.5) is 31.1 Å². The third kappa shape index (κ3) is 5.76. The largest absolute Gasteiger partial charge is 0.416 e. The van der Waals surface area contributed by atoms with E-state index < -0.39 is 41.7 Å². The Balaban J connectivity index is 1.76. The summed E-state index contributed by atoms with van der Waals surface area (Å²) in [5.41, 5.74) is -2.76. The lowest BCUT2D eigenvalue weighted by atomic mass is 10.00. The number of amides is 1. The van der Waals surface area contributed by atoms with Gasteiger partial charge in [-0.25, -0.2) is 4.79 Å². The molecular formula is C28H22F6N2O3. The van der Waals surface area contributed by atoms with Gasteiger partial charge in [0, 0.05) is 30.9 Å². The van der Waals surface area contributed by atoms with Crippen LogP contribution in [0.1, 0.15) is 23.6 Å². The summed E-state index contributed by atoms with van der Waals surface area (Å²) in [5, 5.41) is 0.875. The van der Waals surface area contributed by atoms with Gasteiger partial charge in [0.25, 0.3) is 5.56 Å². The van der Waals surface area contributed by atoms with Gasteiger partial charge >= 0.3 is 18.4 Å². The lowest BCUT2D eigenvalue weighted by molar-refractivity contribution is -0.143. The van der Waals surface area contributed by atoms with Crippen LogP contribution < -0.4 is 10.3 Å². The molecule has 0 spiro atoms. The number of halogens is 6. The molecule has 0 atom stereocenters. The first-order valence-electron chi connectivity index (χ1n) is 11.7. The van der Waals surface area contributed by atoms with Crippen LogP contribution in [-0.2, 0) is 25.9 Å². The van der Waals surface area contributed by atoms with E-state index in [9.17, 15) is 35.9 Å². The zero-order chi connectivity index (χ0) is 28.5. The quantitative estimate of drug-likeness (QED) is 0.247. The van der Waals surface area contributed by atoms with Gasteiger partial charge in [0.15, 0.2) is 0 Å². The number of pyridine rings is 1. The summed E-state index contributed by atoms with van der Waals surface area (Å²) in [6.07, 6.45) is -11.1. The number of hydrogen-bond donors (Lipinski definition) is 0. The van der Waals surface area contributed by atoms with Crippen molar-refractivity contribution in [3.63, 3.8) is 0 Å². The lowest BCUT2D eigenvalue weighted by Gasteiger charge is -2.24.